The molecule has 174 valence electrons. The number of rotatable bonds is 6. The van der Waals surface area contributed by atoms with E-state index < -0.39 is 29.3 Å². The highest BCUT2D eigenvalue weighted by molar-refractivity contribution is 9.10. The molecule has 2 N–H and O–H groups in total. The van der Waals surface area contributed by atoms with E-state index in [0.29, 0.717) is 30.7 Å². The SMILES string of the molecule is O=C1C(=O)N(CCCN2CCOCC2)[C@H](c2ccccc2F)C1=C(O)c1cc(Br)ccc1O. The second-order valence-corrected chi connectivity index (χ2v) is 8.90. The maximum Gasteiger partial charge on any atom is 0.295 e. The fourth-order valence-corrected chi connectivity index (χ4v) is 4.62. The Balaban J connectivity index is 1.72. The lowest BCUT2D eigenvalue weighted by atomic mass is 9.94. The van der Waals surface area contributed by atoms with E-state index in [2.05, 4.69) is 20.8 Å². The highest BCUT2D eigenvalue weighted by Crippen LogP contribution is 2.42. The summed E-state index contributed by atoms with van der Waals surface area (Å²) in [4.78, 5) is 29.5. The van der Waals surface area contributed by atoms with Crippen LogP contribution >= 0.6 is 15.9 Å². The molecule has 2 aromatic carbocycles. The molecule has 0 radical (unpaired) electrons. The van der Waals surface area contributed by atoms with Crippen molar-refractivity contribution in [2.75, 3.05) is 39.4 Å². The van der Waals surface area contributed by atoms with E-state index in [1.807, 2.05) is 0 Å². The zero-order valence-electron chi connectivity index (χ0n) is 17.8. The smallest absolute Gasteiger partial charge is 0.295 e. The molecule has 9 heteroatoms. The molecule has 0 aromatic heterocycles. The third-order valence-corrected chi connectivity index (χ3v) is 6.42. The number of likely N-dealkylation sites (tertiary alicyclic amines) is 1. The van der Waals surface area contributed by atoms with Gasteiger partial charge in [0.2, 0.25) is 0 Å². The Kier molecular flexibility index (Phi) is 7.11. The van der Waals surface area contributed by atoms with E-state index in [0.717, 1.165) is 13.1 Å². The quantitative estimate of drug-likeness (QED) is 0.346. The molecule has 33 heavy (non-hydrogen) atoms. The Hall–Kier alpha value is -2.75. The average molecular weight is 519 g/mol. The molecule has 7 nitrogen and oxygen atoms in total. The summed E-state index contributed by atoms with van der Waals surface area (Å²) in [6.45, 7) is 3.78. The molecule has 4 rings (SSSR count). The normalized spacial score (nSPS) is 21.0. The Labute approximate surface area is 199 Å². The van der Waals surface area contributed by atoms with Gasteiger partial charge in [0.15, 0.2) is 0 Å². The van der Waals surface area contributed by atoms with Crippen molar-refractivity contribution in [3.8, 4) is 5.75 Å². The van der Waals surface area contributed by atoms with Crippen molar-refractivity contribution in [3.63, 3.8) is 0 Å². The number of amides is 1. The van der Waals surface area contributed by atoms with Crippen LogP contribution in [0.2, 0.25) is 0 Å². The summed E-state index contributed by atoms with van der Waals surface area (Å²) >= 11 is 3.28. The monoisotopic (exact) mass is 518 g/mol. The van der Waals surface area contributed by atoms with Crippen molar-refractivity contribution in [1.82, 2.24) is 9.80 Å². The number of phenols is 1. The van der Waals surface area contributed by atoms with Crippen LogP contribution in [0.4, 0.5) is 4.39 Å². The van der Waals surface area contributed by atoms with Gasteiger partial charge in [0.25, 0.3) is 11.7 Å². The number of benzene rings is 2. The van der Waals surface area contributed by atoms with Crippen LogP contribution in [-0.4, -0.2) is 71.1 Å². The Bertz CT molecular complexity index is 1100. The van der Waals surface area contributed by atoms with Gasteiger partial charge in [-0.1, -0.05) is 34.1 Å². The van der Waals surface area contributed by atoms with Crippen LogP contribution < -0.4 is 0 Å². The van der Waals surface area contributed by atoms with Crippen molar-refractivity contribution in [2.24, 2.45) is 0 Å². The second-order valence-electron chi connectivity index (χ2n) is 7.98. The number of aliphatic hydroxyl groups is 1. The van der Waals surface area contributed by atoms with E-state index in [1.54, 1.807) is 12.1 Å². The van der Waals surface area contributed by atoms with Crippen LogP contribution in [0.5, 0.6) is 5.75 Å². The van der Waals surface area contributed by atoms with Crippen molar-refractivity contribution in [2.45, 2.75) is 12.5 Å². The molecule has 2 saturated heterocycles. The number of ether oxygens (including phenoxy) is 1. The summed E-state index contributed by atoms with van der Waals surface area (Å²) in [5.41, 5.74) is -0.152. The van der Waals surface area contributed by atoms with E-state index in [4.69, 9.17) is 4.74 Å². The minimum absolute atomic E-state index is 0.0166. The second kappa shape index (κ2) is 10.0. The molecule has 2 aromatic rings. The number of carbonyl (C=O) groups excluding carboxylic acids is 2. The summed E-state index contributed by atoms with van der Waals surface area (Å²) in [6.07, 6.45) is 0.570. The van der Waals surface area contributed by atoms with Gasteiger partial charge < -0.3 is 19.8 Å². The maximum absolute atomic E-state index is 14.8. The number of phenolic OH excluding ortho intramolecular Hbond substituents is 1. The first-order valence-electron chi connectivity index (χ1n) is 10.7. The first-order chi connectivity index (χ1) is 15.9. The van der Waals surface area contributed by atoms with Crippen molar-refractivity contribution in [3.05, 3.63) is 69.5 Å². The number of aromatic hydroxyl groups is 1. The summed E-state index contributed by atoms with van der Waals surface area (Å²) in [5.74, 6) is -3.11. The van der Waals surface area contributed by atoms with Gasteiger partial charge in [0, 0.05) is 36.2 Å². The minimum Gasteiger partial charge on any atom is -0.507 e. The molecule has 2 heterocycles. The predicted molar refractivity (Wildman–Crippen MR) is 123 cm³/mol. The topological polar surface area (TPSA) is 90.3 Å². The number of halogens is 2. The van der Waals surface area contributed by atoms with E-state index in [1.165, 1.54) is 35.2 Å². The number of nitrogens with zero attached hydrogens (tertiary/aromatic N) is 2. The van der Waals surface area contributed by atoms with Gasteiger partial charge in [-0.3, -0.25) is 14.5 Å². The molecule has 1 amide bonds. The average Bonchev–Trinajstić information content (AvgIpc) is 3.06. The van der Waals surface area contributed by atoms with Gasteiger partial charge >= 0.3 is 0 Å². The number of hydrogen-bond donors (Lipinski definition) is 2. The molecule has 2 fully saturated rings. The van der Waals surface area contributed by atoms with Crippen molar-refractivity contribution >= 4 is 33.4 Å². The van der Waals surface area contributed by atoms with Crippen LogP contribution in [0.1, 0.15) is 23.6 Å². The molecule has 0 bridgehead atoms. The van der Waals surface area contributed by atoms with Crippen LogP contribution in [0.25, 0.3) is 5.76 Å². The number of hydrogen-bond acceptors (Lipinski definition) is 6. The molecule has 0 spiro atoms. The zero-order chi connectivity index (χ0) is 23.5. The first-order valence-corrected chi connectivity index (χ1v) is 11.5. The van der Waals surface area contributed by atoms with Gasteiger partial charge in [-0.2, -0.15) is 0 Å². The summed E-state index contributed by atoms with van der Waals surface area (Å²) in [6, 6.07) is 9.14. The summed E-state index contributed by atoms with van der Waals surface area (Å²) < 4.78 is 20.7. The van der Waals surface area contributed by atoms with Crippen LogP contribution in [-0.2, 0) is 14.3 Å². The number of Topliss-reactive ketones (excluding diaryl/α,β-unsaturated/α-hetero) is 1. The van der Waals surface area contributed by atoms with Gasteiger partial charge in [-0.05, 0) is 30.7 Å². The van der Waals surface area contributed by atoms with E-state index >= 15 is 0 Å². The van der Waals surface area contributed by atoms with Gasteiger partial charge in [0.05, 0.1) is 30.4 Å². The Morgan fingerprint density at radius 2 is 1.85 bits per heavy atom. The van der Waals surface area contributed by atoms with Crippen LogP contribution in [0.3, 0.4) is 0 Å². The van der Waals surface area contributed by atoms with Crippen LogP contribution in [0, 0.1) is 5.82 Å². The molecule has 2 aliphatic heterocycles. The van der Waals surface area contributed by atoms with Crippen LogP contribution in [0.15, 0.2) is 52.5 Å². The van der Waals surface area contributed by atoms with Gasteiger partial charge in [0.1, 0.15) is 17.3 Å². The summed E-state index contributed by atoms with van der Waals surface area (Å²) in [7, 11) is 0. The lowest BCUT2D eigenvalue weighted by molar-refractivity contribution is -0.140. The number of morpholine rings is 1. The van der Waals surface area contributed by atoms with Crippen molar-refractivity contribution in [1.29, 1.82) is 0 Å². The standard InChI is InChI=1S/C24H24BrFN2O5/c25-15-6-7-19(29)17(14-15)22(30)20-21(16-4-1-2-5-18(16)26)28(24(32)23(20)31)9-3-8-27-10-12-33-13-11-27/h1-2,4-7,14,21,29-30H,3,8-13H2/t21-/m1/s1. The zero-order valence-corrected chi connectivity index (χ0v) is 19.4. The molecular formula is C24H24BrFN2O5. The molecule has 1 atom stereocenters. The molecule has 0 saturated carbocycles. The molecule has 0 aliphatic carbocycles. The lowest BCUT2D eigenvalue weighted by Crippen LogP contribution is -2.39. The molecule has 0 unspecified atom stereocenters. The largest absolute Gasteiger partial charge is 0.507 e. The summed E-state index contributed by atoms with van der Waals surface area (Å²) in [5, 5.41) is 21.3. The van der Waals surface area contributed by atoms with E-state index in [9.17, 15) is 24.2 Å². The highest BCUT2D eigenvalue weighted by atomic mass is 79.9. The molecular weight excluding hydrogens is 495 g/mol. The number of aliphatic hydroxyl groups excluding tert-OH is 1. The number of ketones is 1. The van der Waals surface area contributed by atoms with E-state index in [-0.39, 0.29) is 29.0 Å². The Morgan fingerprint density at radius 1 is 1.12 bits per heavy atom. The first kappa shape index (κ1) is 23.4. The van der Waals surface area contributed by atoms with Gasteiger partial charge in [-0.25, -0.2) is 4.39 Å². The molecule has 2 aliphatic rings. The number of carbonyl (C=O) groups is 2. The fourth-order valence-electron chi connectivity index (χ4n) is 4.26. The third-order valence-electron chi connectivity index (χ3n) is 5.93. The predicted octanol–water partition coefficient (Wildman–Crippen LogP) is 3.44. The highest BCUT2D eigenvalue weighted by Gasteiger charge is 2.47. The minimum atomic E-state index is -1.10. The van der Waals surface area contributed by atoms with Crippen molar-refractivity contribution < 1.29 is 28.9 Å². The lowest BCUT2D eigenvalue weighted by Gasteiger charge is -2.29. The fraction of sp³-hybridized carbons (Fsp3) is 0.333. The van der Waals surface area contributed by atoms with Gasteiger partial charge in [-0.15, -0.1) is 0 Å². The maximum atomic E-state index is 14.8. The Morgan fingerprint density at radius 3 is 2.58 bits per heavy atom. The third kappa shape index (κ3) is 4.80.